The van der Waals surface area contributed by atoms with Gasteiger partial charge >= 0.3 is 5.69 Å². The van der Waals surface area contributed by atoms with E-state index >= 15 is 0 Å². The fourth-order valence-corrected chi connectivity index (χ4v) is 2.69. The van der Waals surface area contributed by atoms with Crippen LogP contribution < -0.4 is 17.0 Å². The Kier molecular flexibility index (Phi) is 3.89. The second-order valence-corrected chi connectivity index (χ2v) is 5.88. The summed E-state index contributed by atoms with van der Waals surface area (Å²) in [6.45, 7) is 3.05. The van der Waals surface area contributed by atoms with Gasteiger partial charge in [-0.1, -0.05) is 19.1 Å². The highest BCUT2D eigenvalue weighted by atomic mass is 32.1. The van der Waals surface area contributed by atoms with E-state index in [2.05, 4.69) is 0 Å². The Morgan fingerprint density at radius 3 is 2.68 bits per heavy atom. The van der Waals surface area contributed by atoms with Crippen LogP contribution in [0.5, 0.6) is 0 Å². The summed E-state index contributed by atoms with van der Waals surface area (Å²) in [6.07, 6.45) is 4.97. The summed E-state index contributed by atoms with van der Waals surface area (Å²) in [4.78, 5) is 24.6. The van der Waals surface area contributed by atoms with Crippen molar-refractivity contribution in [2.45, 2.75) is 45.7 Å². The molecule has 0 spiro atoms. The molecule has 0 aliphatic heterocycles. The van der Waals surface area contributed by atoms with Crippen LogP contribution in [0.3, 0.4) is 0 Å². The molecule has 0 radical (unpaired) electrons. The van der Waals surface area contributed by atoms with Gasteiger partial charge in [-0.25, -0.2) is 4.79 Å². The van der Waals surface area contributed by atoms with Gasteiger partial charge < -0.3 is 10.3 Å². The van der Waals surface area contributed by atoms with Crippen molar-refractivity contribution in [3.8, 4) is 0 Å². The highest BCUT2D eigenvalue weighted by Crippen LogP contribution is 2.49. The Bertz CT molecular complexity index is 599. The molecular formula is C13H19N3O2S. The van der Waals surface area contributed by atoms with Gasteiger partial charge in [0, 0.05) is 31.8 Å². The number of hydrogen-bond donors (Lipinski definition) is 1. The summed E-state index contributed by atoms with van der Waals surface area (Å²) in [5.41, 5.74) is 5.04. The van der Waals surface area contributed by atoms with Crippen LogP contribution in [0.1, 0.15) is 32.6 Å². The topological polar surface area (TPSA) is 70.0 Å². The summed E-state index contributed by atoms with van der Waals surface area (Å²) in [5, 5.41) is 0. The molecule has 0 aromatic carbocycles. The van der Waals surface area contributed by atoms with Crippen LogP contribution in [0.25, 0.3) is 0 Å². The minimum absolute atomic E-state index is 0.0692. The smallest absolute Gasteiger partial charge is 0.330 e. The van der Waals surface area contributed by atoms with Crippen LogP contribution in [-0.4, -0.2) is 14.1 Å². The fourth-order valence-electron chi connectivity index (χ4n) is 2.39. The third-order valence-electron chi connectivity index (χ3n) is 3.60. The third kappa shape index (κ3) is 3.12. The van der Waals surface area contributed by atoms with Gasteiger partial charge in [-0.15, -0.1) is 0 Å². The summed E-state index contributed by atoms with van der Waals surface area (Å²) >= 11 is 4.94. The SMILES string of the molecule is CCCn1ccc(=O)n(CC2(CC(N)=S)CC2)c1=O. The van der Waals surface area contributed by atoms with Crippen molar-refractivity contribution >= 4 is 17.2 Å². The first-order chi connectivity index (χ1) is 8.97. The maximum absolute atomic E-state index is 12.2. The fraction of sp³-hybridized carbons (Fsp3) is 0.615. The van der Waals surface area contributed by atoms with Gasteiger partial charge in [-0.3, -0.25) is 9.36 Å². The minimum Gasteiger partial charge on any atom is -0.393 e. The van der Waals surface area contributed by atoms with E-state index in [1.807, 2.05) is 6.92 Å². The predicted octanol–water partition coefficient (Wildman–Crippen LogP) is 0.876. The van der Waals surface area contributed by atoms with Crippen molar-refractivity contribution in [3.63, 3.8) is 0 Å². The lowest BCUT2D eigenvalue weighted by Gasteiger charge is -2.16. The van der Waals surface area contributed by atoms with Crippen LogP contribution >= 0.6 is 12.2 Å². The van der Waals surface area contributed by atoms with Crippen molar-refractivity contribution < 1.29 is 0 Å². The predicted molar refractivity (Wildman–Crippen MR) is 78.3 cm³/mol. The molecule has 0 bridgehead atoms. The van der Waals surface area contributed by atoms with Gasteiger partial charge in [0.15, 0.2) is 0 Å². The third-order valence-corrected chi connectivity index (χ3v) is 3.75. The summed E-state index contributed by atoms with van der Waals surface area (Å²) in [7, 11) is 0. The van der Waals surface area contributed by atoms with Gasteiger partial charge in [-0.05, 0) is 24.7 Å². The Labute approximate surface area is 117 Å². The number of aryl methyl sites for hydroxylation is 1. The molecule has 1 saturated carbocycles. The summed E-state index contributed by atoms with van der Waals surface area (Å²) < 4.78 is 2.90. The average Bonchev–Trinajstić information content (AvgIpc) is 3.07. The van der Waals surface area contributed by atoms with E-state index in [0.29, 0.717) is 24.5 Å². The molecule has 6 heteroatoms. The van der Waals surface area contributed by atoms with E-state index in [4.69, 9.17) is 18.0 Å². The second kappa shape index (κ2) is 5.28. The van der Waals surface area contributed by atoms with E-state index in [1.165, 1.54) is 10.6 Å². The van der Waals surface area contributed by atoms with Crippen LogP contribution in [0, 0.1) is 5.41 Å². The Morgan fingerprint density at radius 2 is 2.16 bits per heavy atom. The Balaban J connectivity index is 2.30. The van der Waals surface area contributed by atoms with E-state index in [0.717, 1.165) is 19.3 Å². The van der Waals surface area contributed by atoms with Crippen LogP contribution in [0.15, 0.2) is 21.9 Å². The molecule has 1 aromatic heterocycles. The zero-order chi connectivity index (χ0) is 14.0. The first-order valence-corrected chi connectivity index (χ1v) is 6.97. The van der Waals surface area contributed by atoms with Crippen molar-refractivity contribution in [3.05, 3.63) is 33.1 Å². The molecule has 1 aliphatic carbocycles. The molecule has 0 amide bonds. The monoisotopic (exact) mass is 281 g/mol. The van der Waals surface area contributed by atoms with Gasteiger partial charge in [0.2, 0.25) is 0 Å². The Morgan fingerprint density at radius 1 is 1.47 bits per heavy atom. The standard InChI is InChI=1S/C13H19N3O2S/c1-2-6-15-7-3-11(17)16(12(15)18)9-13(4-5-13)8-10(14)19/h3,7H,2,4-6,8-9H2,1H3,(H2,14,19). The Hall–Kier alpha value is -1.43. The van der Waals surface area contributed by atoms with E-state index in [9.17, 15) is 9.59 Å². The molecule has 2 rings (SSSR count). The highest BCUT2D eigenvalue weighted by Gasteiger charge is 2.43. The quantitative estimate of drug-likeness (QED) is 0.786. The largest absolute Gasteiger partial charge is 0.393 e. The first kappa shape index (κ1) is 14.0. The van der Waals surface area contributed by atoms with Crippen molar-refractivity contribution in [1.82, 2.24) is 9.13 Å². The minimum atomic E-state index is -0.244. The van der Waals surface area contributed by atoms with E-state index < -0.39 is 0 Å². The molecule has 0 saturated heterocycles. The maximum atomic E-state index is 12.2. The normalized spacial score (nSPS) is 16.3. The van der Waals surface area contributed by atoms with E-state index in [-0.39, 0.29) is 16.7 Å². The number of aromatic nitrogens is 2. The molecule has 1 aromatic rings. The molecule has 1 fully saturated rings. The number of nitrogens with zero attached hydrogens (tertiary/aromatic N) is 2. The second-order valence-electron chi connectivity index (χ2n) is 5.36. The molecule has 5 nitrogen and oxygen atoms in total. The molecule has 0 atom stereocenters. The van der Waals surface area contributed by atoms with Crippen molar-refractivity contribution in [2.75, 3.05) is 0 Å². The lowest BCUT2D eigenvalue weighted by atomic mass is 10.0. The number of thiocarbonyl (C=S) groups is 1. The van der Waals surface area contributed by atoms with Crippen molar-refractivity contribution in [1.29, 1.82) is 0 Å². The molecule has 1 heterocycles. The zero-order valence-corrected chi connectivity index (χ0v) is 11.9. The summed E-state index contributed by atoms with van der Waals surface area (Å²) in [6, 6.07) is 1.45. The number of rotatable bonds is 6. The first-order valence-electron chi connectivity index (χ1n) is 6.56. The summed E-state index contributed by atoms with van der Waals surface area (Å²) in [5.74, 6) is 0. The maximum Gasteiger partial charge on any atom is 0.330 e. The molecule has 19 heavy (non-hydrogen) atoms. The number of hydrogen-bond acceptors (Lipinski definition) is 3. The van der Waals surface area contributed by atoms with Gasteiger partial charge in [-0.2, -0.15) is 0 Å². The molecule has 2 N–H and O–H groups in total. The van der Waals surface area contributed by atoms with E-state index in [1.54, 1.807) is 10.8 Å². The average molecular weight is 281 g/mol. The molecular weight excluding hydrogens is 262 g/mol. The zero-order valence-electron chi connectivity index (χ0n) is 11.1. The number of nitrogens with two attached hydrogens (primary N) is 1. The lowest BCUT2D eigenvalue weighted by molar-refractivity contribution is 0.405. The molecule has 1 aliphatic rings. The van der Waals surface area contributed by atoms with Gasteiger partial charge in [0.1, 0.15) is 0 Å². The highest BCUT2D eigenvalue weighted by molar-refractivity contribution is 7.80. The van der Waals surface area contributed by atoms with Crippen LogP contribution in [-0.2, 0) is 13.1 Å². The molecule has 0 unspecified atom stereocenters. The lowest BCUT2D eigenvalue weighted by Crippen LogP contribution is -2.41. The van der Waals surface area contributed by atoms with Gasteiger partial charge in [0.05, 0.1) is 4.99 Å². The molecule has 104 valence electrons. The van der Waals surface area contributed by atoms with Crippen LogP contribution in [0.2, 0.25) is 0 Å². The van der Waals surface area contributed by atoms with Gasteiger partial charge in [0.25, 0.3) is 5.56 Å². The van der Waals surface area contributed by atoms with Crippen LogP contribution in [0.4, 0.5) is 0 Å². The van der Waals surface area contributed by atoms with Crippen molar-refractivity contribution in [2.24, 2.45) is 11.1 Å².